The standard InChI is InChI=1S/C8H8O5/c1-5-3-6(4-7(9)12-5)13-8(10)11-2/h3-4H,1-2H3. The van der Waals surface area contributed by atoms with Gasteiger partial charge in [0.2, 0.25) is 0 Å². The Kier molecular flexibility index (Phi) is 2.69. The number of carbonyl (C=O) groups excluding carboxylic acids is 1. The summed E-state index contributed by atoms with van der Waals surface area (Å²) in [5.41, 5.74) is -0.570. The highest BCUT2D eigenvalue weighted by Crippen LogP contribution is 2.09. The van der Waals surface area contributed by atoms with E-state index in [0.29, 0.717) is 5.76 Å². The molecule has 0 N–H and O–H groups in total. The number of methoxy groups -OCH3 is 1. The molecule has 0 atom stereocenters. The molecule has 70 valence electrons. The van der Waals surface area contributed by atoms with Crippen LogP contribution in [0, 0.1) is 6.92 Å². The van der Waals surface area contributed by atoms with Gasteiger partial charge in [0, 0.05) is 6.07 Å². The van der Waals surface area contributed by atoms with Crippen molar-refractivity contribution < 1.29 is 18.7 Å². The molecule has 0 saturated carbocycles. The molecule has 0 bridgehead atoms. The second-order valence-electron chi connectivity index (χ2n) is 2.28. The van der Waals surface area contributed by atoms with Gasteiger partial charge in [0.15, 0.2) is 0 Å². The Balaban J connectivity index is 2.89. The molecule has 0 amide bonds. The van der Waals surface area contributed by atoms with E-state index < -0.39 is 11.8 Å². The number of aryl methyl sites for hydroxylation is 1. The quantitative estimate of drug-likeness (QED) is 0.611. The summed E-state index contributed by atoms with van der Waals surface area (Å²) in [4.78, 5) is 21.4. The Morgan fingerprint density at radius 3 is 2.69 bits per heavy atom. The summed E-state index contributed by atoms with van der Waals surface area (Å²) in [6.45, 7) is 1.57. The highest BCUT2D eigenvalue weighted by molar-refractivity contribution is 5.63. The maximum atomic E-state index is 10.8. The van der Waals surface area contributed by atoms with E-state index in [0.717, 1.165) is 6.07 Å². The molecule has 1 aromatic rings. The zero-order valence-corrected chi connectivity index (χ0v) is 7.20. The number of hydrogen-bond acceptors (Lipinski definition) is 5. The van der Waals surface area contributed by atoms with Crippen molar-refractivity contribution in [3.63, 3.8) is 0 Å². The number of hydrogen-bond donors (Lipinski definition) is 0. The van der Waals surface area contributed by atoms with E-state index in [1.165, 1.54) is 13.2 Å². The fourth-order valence-electron chi connectivity index (χ4n) is 0.773. The van der Waals surface area contributed by atoms with E-state index in [1.807, 2.05) is 0 Å². The zero-order valence-electron chi connectivity index (χ0n) is 7.20. The molecule has 0 fully saturated rings. The van der Waals surface area contributed by atoms with Crippen LogP contribution in [0.1, 0.15) is 5.76 Å². The third-order valence-electron chi connectivity index (χ3n) is 1.24. The van der Waals surface area contributed by atoms with E-state index in [9.17, 15) is 9.59 Å². The van der Waals surface area contributed by atoms with Crippen LogP contribution in [0.2, 0.25) is 0 Å². The second kappa shape index (κ2) is 3.75. The van der Waals surface area contributed by atoms with Crippen LogP contribution in [-0.4, -0.2) is 13.3 Å². The van der Waals surface area contributed by atoms with E-state index in [-0.39, 0.29) is 5.75 Å². The fourth-order valence-corrected chi connectivity index (χ4v) is 0.773. The summed E-state index contributed by atoms with van der Waals surface area (Å²) in [6.07, 6.45) is -0.870. The molecule has 1 rings (SSSR count). The molecule has 5 heteroatoms. The summed E-state index contributed by atoms with van der Waals surface area (Å²) in [6, 6.07) is 2.47. The predicted molar refractivity (Wildman–Crippen MR) is 42.7 cm³/mol. The molecule has 1 heterocycles. The molecular formula is C8H8O5. The van der Waals surface area contributed by atoms with Gasteiger partial charge < -0.3 is 13.9 Å². The first-order valence-electron chi connectivity index (χ1n) is 3.49. The lowest BCUT2D eigenvalue weighted by atomic mass is 10.4. The Morgan fingerprint density at radius 1 is 1.46 bits per heavy atom. The molecule has 0 aliphatic carbocycles. The minimum absolute atomic E-state index is 0.112. The first-order chi connectivity index (χ1) is 6.11. The smallest absolute Gasteiger partial charge is 0.437 e. The normalized spacial score (nSPS) is 9.38. The summed E-state index contributed by atoms with van der Waals surface area (Å²) >= 11 is 0. The molecule has 0 aliphatic rings. The number of ether oxygens (including phenoxy) is 2. The van der Waals surface area contributed by atoms with Gasteiger partial charge >= 0.3 is 11.8 Å². The van der Waals surface area contributed by atoms with Crippen molar-refractivity contribution in [2.45, 2.75) is 6.92 Å². The van der Waals surface area contributed by atoms with E-state index in [1.54, 1.807) is 6.92 Å². The van der Waals surface area contributed by atoms with Gasteiger partial charge in [0.05, 0.1) is 13.2 Å². The van der Waals surface area contributed by atoms with Gasteiger partial charge in [-0.15, -0.1) is 0 Å². The first kappa shape index (κ1) is 9.31. The molecule has 0 spiro atoms. The Labute approximate surface area is 73.9 Å². The van der Waals surface area contributed by atoms with Gasteiger partial charge in [0.1, 0.15) is 11.5 Å². The predicted octanol–water partition coefficient (Wildman–Crippen LogP) is 1.09. The SMILES string of the molecule is COC(=O)Oc1cc(C)oc(=O)c1. The van der Waals surface area contributed by atoms with E-state index in [4.69, 9.17) is 0 Å². The lowest BCUT2D eigenvalue weighted by Crippen LogP contribution is -2.09. The fraction of sp³-hybridized carbons (Fsp3) is 0.250. The molecule has 0 aromatic carbocycles. The average Bonchev–Trinajstić information content (AvgIpc) is 2.02. The molecule has 5 nitrogen and oxygen atoms in total. The van der Waals surface area contributed by atoms with Crippen molar-refractivity contribution in [1.29, 1.82) is 0 Å². The summed E-state index contributed by atoms with van der Waals surface area (Å²) in [5, 5.41) is 0. The van der Waals surface area contributed by atoms with Crippen molar-refractivity contribution in [2.24, 2.45) is 0 Å². The van der Waals surface area contributed by atoms with Gasteiger partial charge in [0.25, 0.3) is 0 Å². The van der Waals surface area contributed by atoms with Gasteiger partial charge in [-0.2, -0.15) is 0 Å². The van der Waals surface area contributed by atoms with Crippen molar-refractivity contribution in [3.8, 4) is 5.75 Å². The molecule has 0 unspecified atom stereocenters. The van der Waals surface area contributed by atoms with Crippen LogP contribution in [0.4, 0.5) is 4.79 Å². The number of rotatable bonds is 1. The molecule has 1 aromatic heterocycles. The lowest BCUT2D eigenvalue weighted by molar-refractivity contribution is 0.121. The summed E-state index contributed by atoms with van der Waals surface area (Å²) in [5.74, 6) is 0.479. The van der Waals surface area contributed by atoms with Crippen LogP contribution in [0.5, 0.6) is 5.75 Å². The third-order valence-corrected chi connectivity index (χ3v) is 1.24. The maximum Gasteiger partial charge on any atom is 0.513 e. The summed E-state index contributed by atoms with van der Waals surface area (Å²) < 4.78 is 13.5. The lowest BCUT2D eigenvalue weighted by Gasteiger charge is -2.01. The Bertz CT molecular complexity index is 365. The number of carbonyl (C=O) groups is 1. The average molecular weight is 184 g/mol. The molecule has 13 heavy (non-hydrogen) atoms. The second-order valence-corrected chi connectivity index (χ2v) is 2.28. The largest absolute Gasteiger partial charge is 0.513 e. The topological polar surface area (TPSA) is 65.7 Å². The van der Waals surface area contributed by atoms with Crippen LogP contribution in [-0.2, 0) is 4.74 Å². The van der Waals surface area contributed by atoms with Crippen LogP contribution >= 0.6 is 0 Å². The Hall–Kier alpha value is -1.78. The molecule has 0 aliphatic heterocycles. The minimum atomic E-state index is -0.870. The monoisotopic (exact) mass is 184 g/mol. The van der Waals surface area contributed by atoms with Gasteiger partial charge in [-0.25, -0.2) is 9.59 Å². The first-order valence-corrected chi connectivity index (χ1v) is 3.49. The zero-order chi connectivity index (χ0) is 9.84. The van der Waals surface area contributed by atoms with Crippen molar-refractivity contribution in [1.82, 2.24) is 0 Å². The highest BCUT2D eigenvalue weighted by atomic mass is 16.7. The van der Waals surface area contributed by atoms with Crippen LogP contribution < -0.4 is 10.4 Å². The van der Waals surface area contributed by atoms with Gasteiger partial charge in [-0.3, -0.25) is 0 Å². The highest BCUT2D eigenvalue weighted by Gasteiger charge is 2.05. The van der Waals surface area contributed by atoms with Crippen molar-refractivity contribution in [2.75, 3.05) is 7.11 Å². The van der Waals surface area contributed by atoms with Gasteiger partial charge in [-0.05, 0) is 6.92 Å². The third kappa shape index (κ3) is 2.62. The molecular weight excluding hydrogens is 176 g/mol. The van der Waals surface area contributed by atoms with Crippen LogP contribution in [0.25, 0.3) is 0 Å². The molecule has 0 radical (unpaired) electrons. The van der Waals surface area contributed by atoms with E-state index in [2.05, 4.69) is 13.9 Å². The Morgan fingerprint density at radius 2 is 2.15 bits per heavy atom. The van der Waals surface area contributed by atoms with Gasteiger partial charge in [-0.1, -0.05) is 0 Å². The van der Waals surface area contributed by atoms with Crippen LogP contribution in [0.3, 0.4) is 0 Å². The summed E-state index contributed by atoms with van der Waals surface area (Å²) in [7, 11) is 1.18. The van der Waals surface area contributed by atoms with E-state index >= 15 is 0 Å². The molecule has 0 saturated heterocycles. The minimum Gasteiger partial charge on any atom is -0.437 e. The van der Waals surface area contributed by atoms with Crippen molar-refractivity contribution in [3.05, 3.63) is 28.3 Å². The van der Waals surface area contributed by atoms with Crippen LogP contribution in [0.15, 0.2) is 21.3 Å². The maximum absolute atomic E-state index is 10.8. The van der Waals surface area contributed by atoms with Crippen molar-refractivity contribution >= 4 is 6.16 Å².